The van der Waals surface area contributed by atoms with Crippen LogP contribution >= 0.6 is 22.9 Å². The van der Waals surface area contributed by atoms with Crippen LogP contribution in [0.2, 0.25) is 5.02 Å². The fraction of sp³-hybridized carbons (Fsp3) is 0.286. The normalized spacial score (nSPS) is 12.4. The Balaban J connectivity index is 2.03. The molecule has 1 aromatic carbocycles. The second-order valence-electron chi connectivity index (χ2n) is 4.07. The zero-order valence-electron chi connectivity index (χ0n) is 10.4. The predicted molar refractivity (Wildman–Crippen MR) is 77.6 cm³/mol. The van der Waals surface area contributed by atoms with Crippen molar-refractivity contribution in [2.75, 3.05) is 7.11 Å². The number of ether oxygens (including phenoxy) is 1. The topological polar surface area (TPSA) is 21.3 Å². The molecule has 4 heteroatoms. The number of halogens is 1. The lowest BCUT2D eigenvalue weighted by Gasteiger charge is -2.14. The number of hydrogen-bond donors (Lipinski definition) is 1. The zero-order valence-corrected chi connectivity index (χ0v) is 12.0. The molecular weight excluding hydrogens is 266 g/mol. The molecule has 2 nitrogen and oxygen atoms in total. The molecule has 0 spiro atoms. The van der Waals surface area contributed by atoms with E-state index in [0.717, 1.165) is 22.9 Å². The highest BCUT2D eigenvalue weighted by molar-refractivity contribution is 7.10. The third-order valence-electron chi connectivity index (χ3n) is 2.81. The molecule has 0 radical (unpaired) electrons. The van der Waals surface area contributed by atoms with Gasteiger partial charge in [0, 0.05) is 28.0 Å². The lowest BCUT2D eigenvalue weighted by atomic mass is 10.2. The van der Waals surface area contributed by atoms with Crippen LogP contribution in [-0.2, 0) is 6.54 Å². The maximum atomic E-state index is 6.01. The lowest BCUT2D eigenvalue weighted by Crippen LogP contribution is -2.17. The molecule has 0 aliphatic rings. The van der Waals surface area contributed by atoms with Crippen molar-refractivity contribution in [3.05, 3.63) is 51.2 Å². The van der Waals surface area contributed by atoms with Gasteiger partial charge in [-0.25, -0.2) is 0 Å². The number of rotatable bonds is 5. The van der Waals surface area contributed by atoms with Gasteiger partial charge in [-0.15, -0.1) is 11.3 Å². The van der Waals surface area contributed by atoms with Gasteiger partial charge in [-0.2, -0.15) is 0 Å². The average Bonchev–Trinajstić information content (AvgIpc) is 2.90. The minimum atomic E-state index is 0.327. The van der Waals surface area contributed by atoms with E-state index in [1.165, 1.54) is 4.88 Å². The van der Waals surface area contributed by atoms with E-state index in [0.29, 0.717) is 6.04 Å². The van der Waals surface area contributed by atoms with E-state index >= 15 is 0 Å². The quantitative estimate of drug-likeness (QED) is 0.884. The second-order valence-corrected chi connectivity index (χ2v) is 5.49. The number of methoxy groups -OCH3 is 1. The predicted octanol–water partition coefficient (Wildman–Crippen LogP) is 4.26. The van der Waals surface area contributed by atoms with Gasteiger partial charge in [0.1, 0.15) is 5.75 Å². The van der Waals surface area contributed by atoms with Crippen molar-refractivity contribution in [3.63, 3.8) is 0 Å². The van der Waals surface area contributed by atoms with Gasteiger partial charge < -0.3 is 10.1 Å². The van der Waals surface area contributed by atoms with Crippen LogP contribution in [0.4, 0.5) is 0 Å². The Kier molecular flexibility index (Phi) is 4.64. The molecular formula is C14H16ClNOS. The monoisotopic (exact) mass is 281 g/mol. The van der Waals surface area contributed by atoms with Crippen LogP contribution in [0.15, 0.2) is 35.7 Å². The zero-order chi connectivity index (χ0) is 13.0. The Morgan fingerprint density at radius 1 is 1.39 bits per heavy atom. The third kappa shape index (κ3) is 3.25. The summed E-state index contributed by atoms with van der Waals surface area (Å²) in [5, 5.41) is 6.30. The Labute approximate surface area is 117 Å². The van der Waals surface area contributed by atoms with Crippen molar-refractivity contribution in [3.8, 4) is 5.75 Å². The minimum Gasteiger partial charge on any atom is -0.496 e. The maximum Gasteiger partial charge on any atom is 0.123 e. The summed E-state index contributed by atoms with van der Waals surface area (Å²) in [6.45, 7) is 2.89. The summed E-state index contributed by atoms with van der Waals surface area (Å²) in [6, 6.07) is 10.2. The van der Waals surface area contributed by atoms with E-state index in [9.17, 15) is 0 Å². The van der Waals surface area contributed by atoms with Gasteiger partial charge in [-0.1, -0.05) is 17.7 Å². The third-order valence-corrected chi connectivity index (χ3v) is 4.10. The van der Waals surface area contributed by atoms with Crippen LogP contribution in [0.5, 0.6) is 5.75 Å². The molecule has 0 unspecified atom stereocenters. The Bertz CT molecular complexity index is 499. The summed E-state index contributed by atoms with van der Waals surface area (Å²) in [6.07, 6.45) is 0. The number of thiophene rings is 1. The van der Waals surface area contributed by atoms with E-state index in [1.807, 2.05) is 18.2 Å². The molecule has 2 aromatic rings. The average molecular weight is 282 g/mol. The maximum absolute atomic E-state index is 6.01. The molecule has 1 heterocycles. The van der Waals surface area contributed by atoms with Crippen LogP contribution < -0.4 is 10.1 Å². The van der Waals surface area contributed by atoms with Gasteiger partial charge in [-0.05, 0) is 36.6 Å². The largest absolute Gasteiger partial charge is 0.496 e. The molecule has 1 atom stereocenters. The molecule has 0 bridgehead atoms. The van der Waals surface area contributed by atoms with Crippen molar-refractivity contribution in [2.45, 2.75) is 19.5 Å². The molecule has 96 valence electrons. The highest BCUT2D eigenvalue weighted by Crippen LogP contribution is 2.24. The molecule has 0 saturated heterocycles. The molecule has 0 aliphatic heterocycles. The lowest BCUT2D eigenvalue weighted by molar-refractivity contribution is 0.406. The standard InChI is InChI=1S/C14H16ClNOS/c1-10(14-4-3-7-18-14)16-9-11-8-12(15)5-6-13(11)17-2/h3-8,10,16H,9H2,1-2H3/t10-/m1/s1. The SMILES string of the molecule is COc1ccc(Cl)cc1CN[C@H](C)c1cccs1. The van der Waals surface area contributed by atoms with Crippen molar-refractivity contribution in [2.24, 2.45) is 0 Å². The molecule has 2 rings (SSSR count). The van der Waals surface area contributed by atoms with E-state index in [1.54, 1.807) is 18.4 Å². The molecule has 1 N–H and O–H groups in total. The summed E-state index contributed by atoms with van der Waals surface area (Å²) in [4.78, 5) is 1.33. The number of benzene rings is 1. The van der Waals surface area contributed by atoms with Crippen LogP contribution in [0.25, 0.3) is 0 Å². The van der Waals surface area contributed by atoms with Gasteiger partial charge >= 0.3 is 0 Å². The van der Waals surface area contributed by atoms with Crippen molar-refractivity contribution in [1.82, 2.24) is 5.32 Å². The summed E-state index contributed by atoms with van der Waals surface area (Å²) in [5.41, 5.74) is 1.08. The van der Waals surface area contributed by atoms with Crippen LogP contribution in [0, 0.1) is 0 Å². The molecule has 0 saturated carbocycles. The molecule has 0 amide bonds. The van der Waals surface area contributed by atoms with Crippen molar-refractivity contribution >= 4 is 22.9 Å². The van der Waals surface area contributed by atoms with Crippen LogP contribution in [0.1, 0.15) is 23.4 Å². The minimum absolute atomic E-state index is 0.327. The smallest absolute Gasteiger partial charge is 0.123 e. The second kappa shape index (κ2) is 6.23. The Hall–Kier alpha value is -1.03. The van der Waals surface area contributed by atoms with Gasteiger partial charge in [0.2, 0.25) is 0 Å². The Morgan fingerprint density at radius 3 is 2.89 bits per heavy atom. The van der Waals surface area contributed by atoms with Gasteiger partial charge in [0.05, 0.1) is 7.11 Å². The first-order chi connectivity index (χ1) is 8.70. The molecule has 18 heavy (non-hydrogen) atoms. The van der Waals surface area contributed by atoms with Crippen molar-refractivity contribution in [1.29, 1.82) is 0 Å². The summed E-state index contributed by atoms with van der Waals surface area (Å²) < 4.78 is 5.33. The summed E-state index contributed by atoms with van der Waals surface area (Å²) in [7, 11) is 1.68. The van der Waals surface area contributed by atoms with Crippen LogP contribution in [0.3, 0.4) is 0 Å². The summed E-state index contributed by atoms with van der Waals surface area (Å²) in [5.74, 6) is 0.866. The van der Waals surface area contributed by atoms with E-state index in [2.05, 4.69) is 29.8 Å². The van der Waals surface area contributed by atoms with Gasteiger partial charge in [0.15, 0.2) is 0 Å². The Morgan fingerprint density at radius 2 is 2.22 bits per heavy atom. The fourth-order valence-electron chi connectivity index (χ4n) is 1.79. The highest BCUT2D eigenvalue weighted by Gasteiger charge is 2.08. The van der Waals surface area contributed by atoms with Crippen LogP contribution in [-0.4, -0.2) is 7.11 Å². The van der Waals surface area contributed by atoms with E-state index < -0.39 is 0 Å². The summed E-state index contributed by atoms with van der Waals surface area (Å²) >= 11 is 7.77. The molecule has 0 fully saturated rings. The highest BCUT2D eigenvalue weighted by atomic mass is 35.5. The number of hydrogen-bond acceptors (Lipinski definition) is 3. The van der Waals surface area contributed by atoms with Crippen molar-refractivity contribution < 1.29 is 4.74 Å². The number of nitrogens with one attached hydrogen (secondary N) is 1. The first kappa shape index (κ1) is 13.4. The fourth-order valence-corrected chi connectivity index (χ4v) is 2.74. The molecule has 1 aromatic heterocycles. The first-order valence-corrected chi connectivity index (χ1v) is 7.05. The van der Waals surface area contributed by atoms with E-state index in [-0.39, 0.29) is 0 Å². The molecule has 0 aliphatic carbocycles. The van der Waals surface area contributed by atoms with Gasteiger partial charge in [-0.3, -0.25) is 0 Å². The van der Waals surface area contributed by atoms with E-state index in [4.69, 9.17) is 16.3 Å². The first-order valence-electron chi connectivity index (χ1n) is 5.80. The van der Waals surface area contributed by atoms with Gasteiger partial charge in [0.25, 0.3) is 0 Å².